The van der Waals surface area contributed by atoms with Crippen LogP contribution in [0, 0.1) is 6.92 Å². The summed E-state index contributed by atoms with van der Waals surface area (Å²) in [5.74, 6) is 0.755. The van der Waals surface area contributed by atoms with E-state index >= 15 is 0 Å². The van der Waals surface area contributed by atoms with Gasteiger partial charge in [0, 0.05) is 6.07 Å². The van der Waals surface area contributed by atoms with Gasteiger partial charge in [-0.25, -0.2) is 0 Å². The molecule has 1 aromatic heterocycles. The first kappa shape index (κ1) is 18.2. The number of fused-ring (bicyclic) bond motifs is 1. The average molecular weight is 348 g/mol. The van der Waals surface area contributed by atoms with Gasteiger partial charge in [-0.3, -0.25) is 4.55 Å². The van der Waals surface area contributed by atoms with Crippen molar-refractivity contribution in [1.82, 2.24) is 0 Å². The summed E-state index contributed by atoms with van der Waals surface area (Å²) in [6.45, 7) is 6.44. The number of benzene rings is 2. The summed E-state index contributed by atoms with van der Waals surface area (Å²) in [6.07, 6.45) is 0. The maximum Gasteiger partial charge on any atom is 0.344 e. The molecule has 0 fully saturated rings. The molecule has 0 saturated carbocycles. The fraction of sp³-hybridized carbons (Fsp3) is 0.278. The van der Waals surface area contributed by atoms with E-state index < -0.39 is 10.1 Å². The summed E-state index contributed by atoms with van der Waals surface area (Å²) in [4.78, 5) is 0. The fourth-order valence-corrected chi connectivity index (χ4v) is 2.40. The minimum Gasteiger partial charge on any atom is -0.402 e. The lowest BCUT2D eigenvalue weighted by atomic mass is 10.1. The number of hydrogen-bond donors (Lipinski definition) is 1. The van der Waals surface area contributed by atoms with E-state index in [1.165, 1.54) is 18.1 Å². The van der Waals surface area contributed by atoms with E-state index in [1.807, 2.05) is 13.0 Å². The highest BCUT2D eigenvalue weighted by atomic mass is 32.2. The van der Waals surface area contributed by atoms with Gasteiger partial charge in [-0.05, 0) is 31.0 Å². The van der Waals surface area contributed by atoms with Gasteiger partial charge in [0.15, 0.2) is 0 Å². The molecule has 0 aliphatic carbocycles. The summed E-state index contributed by atoms with van der Waals surface area (Å²) in [5, 5.41) is 0. The minimum atomic E-state index is -3.66. The van der Waals surface area contributed by atoms with Crippen molar-refractivity contribution in [3.05, 3.63) is 54.4 Å². The van der Waals surface area contributed by atoms with E-state index in [2.05, 4.69) is 54.0 Å². The summed E-state index contributed by atoms with van der Waals surface area (Å²) >= 11 is 0. The standard InChI is InChI=1S/C16H16NO.C2H6O3S/c1-3-17-12(2)18-16-10-9-14(11-15(16)17)13-7-5-4-6-8-13;1-2-6(3,4)5/h4-11H,3H2,1-2H3;2H2,1H3,(H,3,4,5)/q+1;. The Morgan fingerprint density at radius 3 is 2.21 bits per heavy atom. The van der Waals surface area contributed by atoms with E-state index in [1.54, 1.807) is 0 Å². The first-order chi connectivity index (χ1) is 11.4. The third kappa shape index (κ3) is 4.43. The highest BCUT2D eigenvalue weighted by Crippen LogP contribution is 2.23. The lowest BCUT2D eigenvalue weighted by Gasteiger charge is -1.99. The first-order valence-electron chi connectivity index (χ1n) is 7.79. The second-order valence-corrected chi connectivity index (χ2v) is 7.03. The SMILES string of the molecule is CCS(=O)(=O)O.CC[n+]1c(C)oc2ccc(-c3ccccc3)cc21. The summed E-state index contributed by atoms with van der Waals surface area (Å²) in [7, 11) is -3.66. The van der Waals surface area contributed by atoms with E-state index in [0.29, 0.717) is 0 Å². The maximum atomic E-state index is 9.56. The van der Waals surface area contributed by atoms with Crippen LogP contribution >= 0.6 is 0 Å². The van der Waals surface area contributed by atoms with Gasteiger partial charge in [0.2, 0.25) is 5.58 Å². The maximum absolute atomic E-state index is 9.56. The Bertz CT molecular complexity index is 915. The van der Waals surface area contributed by atoms with Gasteiger partial charge >= 0.3 is 5.89 Å². The Morgan fingerprint density at radius 2 is 1.67 bits per heavy atom. The number of aryl methyl sites for hydroxylation is 2. The molecule has 0 atom stereocenters. The van der Waals surface area contributed by atoms with Crippen molar-refractivity contribution in [2.45, 2.75) is 27.3 Å². The first-order valence-corrected chi connectivity index (χ1v) is 9.40. The molecule has 6 heteroatoms. The molecule has 1 N–H and O–H groups in total. The molecule has 24 heavy (non-hydrogen) atoms. The van der Waals surface area contributed by atoms with Gasteiger partial charge in [0.25, 0.3) is 15.6 Å². The molecule has 0 spiro atoms. The number of aromatic nitrogens is 1. The van der Waals surface area contributed by atoms with Crippen molar-refractivity contribution < 1.29 is 22.0 Å². The highest BCUT2D eigenvalue weighted by Gasteiger charge is 2.17. The van der Waals surface area contributed by atoms with Crippen molar-refractivity contribution >= 4 is 21.2 Å². The molecule has 0 saturated heterocycles. The fourth-order valence-electron chi connectivity index (χ4n) is 2.40. The lowest BCUT2D eigenvalue weighted by molar-refractivity contribution is -0.679. The molecule has 0 aliphatic heterocycles. The minimum absolute atomic E-state index is 0.201. The van der Waals surface area contributed by atoms with Crippen LogP contribution in [-0.2, 0) is 16.7 Å². The van der Waals surface area contributed by atoms with Crippen molar-refractivity contribution in [3.8, 4) is 11.1 Å². The van der Waals surface area contributed by atoms with Crippen LogP contribution in [0.1, 0.15) is 19.7 Å². The topological polar surface area (TPSA) is 71.4 Å². The van der Waals surface area contributed by atoms with Crippen molar-refractivity contribution in [2.75, 3.05) is 5.75 Å². The molecule has 5 nitrogen and oxygen atoms in total. The molecule has 2 aromatic carbocycles. The van der Waals surface area contributed by atoms with Gasteiger partial charge in [-0.15, -0.1) is 0 Å². The Balaban J connectivity index is 0.000000301. The summed E-state index contributed by atoms with van der Waals surface area (Å²) < 4.78 is 34.8. The summed E-state index contributed by atoms with van der Waals surface area (Å²) in [5.41, 5.74) is 4.58. The third-order valence-electron chi connectivity index (χ3n) is 3.68. The number of oxazole rings is 1. The van der Waals surface area contributed by atoms with E-state index in [9.17, 15) is 8.42 Å². The number of rotatable bonds is 3. The van der Waals surface area contributed by atoms with E-state index in [0.717, 1.165) is 23.5 Å². The zero-order chi connectivity index (χ0) is 17.7. The number of hydrogen-bond acceptors (Lipinski definition) is 3. The van der Waals surface area contributed by atoms with Crippen LogP contribution in [0.5, 0.6) is 0 Å². The molecule has 0 amide bonds. The Hall–Kier alpha value is -2.18. The molecule has 0 radical (unpaired) electrons. The Labute approximate surface area is 142 Å². The van der Waals surface area contributed by atoms with Gasteiger partial charge in [0.1, 0.15) is 6.54 Å². The lowest BCUT2D eigenvalue weighted by Crippen LogP contribution is -2.33. The second-order valence-electron chi connectivity index (χ2n) is 5.28. The third-order valence-corrected chi connectivity index (χ3v) is 4.41. The van der Waals surface area contributed by atoms with Crippen LogP contribution < -0.4 is 4.57 Å². The van der Waals surface area contributed by atoms with Crippen LogP contribution in [0.25, 0.3) is 22.2 Å². The molecule has 1 heterocycles. The predicted molar refractivity (Wildman–Crippen MR) is 94.3 cm³/mol. The van der Waals surface area contributed by atoms with Crippen LogP contribution in [0.3, 0.4) is 0 Å². The van der Waals surface area contributed by atoms with Crippen LogP contribution in [0.4, 0.5) is 0 Å². The Morgan fingerprint density at radius 1 is 1.04 bits per heavy atom. The van der Waals surface area contributed by atoms with Crippen molar-refractivity contribution in [1.29, 1.82) is 0 Å². The summed E-state index contributed by atoms with van der Waals surface area (Å²) in [6, 6.07) is 16.8. The second kappa shape index (κ2) is 7.59. The normalized spacial score (nSPS) is 11.2. The molecule has 0 unspecified atom stereocenters. The molecule has 0 bridgehead atoms. The molecule has 3 aromatic rings. The largest absolute Gasteiger partial charge is 0.402 e. The highest BCUT2D eigenvalue weighted by molar-refractivity contribution is 7.85. The van der Waals surface area contributed by atoms with Gasteiger partial charge in [0.05, 0.1) is 12.7 Å². The van der Waals surface area contributed by atoms with E-state index in [-0.39, 0.29) is 5.75 Å². The molecule has 3 rings (SSSR count). The number of nitrogens with zero attached hydrogens (tertiary/aromatic N) is 1. The molecule has 0 aliphatic rings. The van der Waals surface area contributed by atoms with Crippen molar-refractivity contribution in [2.24, 2.45) is 0 Å². The van der Waals surface area contributed by atoms with Gasteiger partial charge < -0.3 is 4.42 Å². The smallest absolute Gasteiger partial charge is 0.344 e. The molecular formula is C18H22NO4S+. The van der Waals surface area contributed by atoms with Crippen LogP contribution in [0.15, 0.2) is 52.9 Å². The Kier molecular flexibility index (Phi) is 5.75. The van der Waals surface area contributed by atoms with Crippen molar-refractivity contribution in [3.63, 3.8) is 0 Å². The predicted octanol–water partition coefficient (Wildman–Crippen LogP) is 3.61. The molecule has 128 valence electrons. The van der Waals surface area contributed by atoms with Crippen LogP contribution in [0.2, 0.25) is 0 Å². The van der Waals surface area contributed by atoms with Crippen LogP contribution in [-0.4, -0.2) is 18.7 Å². The molecular weight excluding hydrogens is 326 g/mol. The zero-order valence-corrected chi connectivity index (χ0v) is 14.9. The van der Waals surface area contributed by atoms with Gasteiger partial charge in [-0.2, -0.15) is 13.0 Å². The monoisotopic (exact) mass is 348 g/mol. The average Bonchev–Trinajstić information content (AvgIpc) is 2.89. The zero-order valence-electron chi connectivity index (χ0n) is 14.1. The van der Waals surface area contributed by atoms with Gasteiger partial charge in [-0.1, -0.05) is 36.4 Å². The quantitative estimate of drug-likeness (QED) is 0.580. The van der Waals surface area contributed by atoms with E-state index in [4.69, 9.17) is 8.97 Å².